The number of halogens is 1. The van der Waals surface area contributed by atoms with Crippen molar-refractivity contribution in [3.8, 4) is 0 Å². The molecule has 6 heteroatoms. The minimum Gasteiger partial charge on any atom is -0.455 e. The molecule has 1 spiro atoms. The van der Waals surface area contributed by atoms with E-state index in [1.807, 2.05) is 6.07 Å². The minimum atomic E-state index is -0.369. The highest BCUT2D eigenvalue weighted by atomic mass is 35.5. The van der Waals surface area contributed by atoms with Gasteiger partial charge in [0.2, 0.25) is 0 Å². The Morgan fingerprint density at radius 2 is 1.91 bits per heavy atom. The average molecular weight is 459 g/mol. The number of carbonyl (C=O) groups is 1. The van der Waals surface area contributed by atoms with E-state index in [1.54, 1.807) is 0 Å². The number of carbonyl (C=O) groups excluding carboxylic acids is 1. The van der Waals surface area contributed by atoms with Gasteiger partial charge in [0.15, 0.2) is 0 Å². The van der Waals surface area contributed by atoms with Crippen molar-refractivity contribution in [3.63, 3.8) is 0 Å². The van der Waals surface area contributed by atoms with Crippen LogP contribution in [0, 0.1) is 30.6 Å². The van der Waals surface area contributed by atoms with E-state index in [9.17, 15) is 4.79 Å². The second kappa shape index (κ2) is 7.35. The van der Waals surface area contributed by atoms with Gasteiger partial charge in [-0.3, -0.25) is 9.69 Å². The van der Waals surface area contributed by atoms with Crippen molar-refractivity contribution in [1.29, 1.82) is 0 Å². The van der Waals surface area contributed by atoms with Gasteiger partial charge in [0, 0.05) is 55.3 Å². The molecule has 32 heavy (non-hydrogen) atoms. The number of nitrogens with zero attached hydrogens (tertiary/aromatic N) is 2. The number of ether oxygens (including phenoxy) is 2. The summed E-state index contributed by atoms with van der Waals surface area (Å²) >= 11 is 6.25. The molecule has 174 valence electrons. The first-order valence-electron chi connectivity index (χ1n) is 12.5. The van der Waals surface area contributed by atoms with E-state index >= 15 is 0 Å². The predicted molar refractivity (Wildman–Crippen MR) is 125 cm³/mol. The Hall–Kier alpha value is -1.30. The van der Waals surface area contributed by atoms with Crippen LogP contribution in [0.1, 0.15) is 45.1 Å². The molecule has 0 radical (unpaired) electrons. The molecule has 0 unspecified atom stereocenters. The largest absolute Gasteiger partial charge is 0.455 e. The molecule has 2 aliphatic carbocycles. The maximum absolute atomic E-state index is 13.3. The lowest BCUT2D eigenvalue weighted by Gasteiger charge is -2.50. The van der Waals surface area contributed by atoms with Crippen LogP contribution >= 0.6 is 11.6 Å². The van der Waals surface area contributed by atoms with Crippen molar-refractivity contribution in [1.82, 2.24) is 4.90 Å². The van der Waals surface area contributed by atoms with Gasteiger partial charge in [0.25, 0.3) is 0 Å². The Kier molecular flexibility index (Phi) is 4.88. The average Bonchev–Trinajstić information content (AvgIpc) is 3.40. The lowest BCUT2D eigenvalue weighted by molar-refractivity contribution is -0.168. The van der Waals surface area contributed by atoms with E-state index in [4.69, 9.17) is 21.1 Å². The summed E-state index contributed by atoms with van der Waals surface area (Å²) in [6.45, 7) is 11.4. The van der Waals surface area contributed by atoms with Crippen LogP contribution in [0.5, 0.6) is 0 Å². The van der Waals surface area contributed by atoms with Crippen LogP contribution in [0.3, 0.4) is 0 Å². The van der Waals surface area contributed by atoms with Gasteiger partial charge < -0.3 is 14.4 Å². The van der Waals surface area contributed by atoms with Crippen LogP contribution in [0.2, 0.25) is 5.02 Å². The summed E-state index contributed by atoms with van der Waals surface area (Å²) in [5.41, 5.74) is 2.05. The number of rotatable bonds is 3. The molecule has 3 aliphatic heterocycles. The highest BCUT2D eigenvalue weighted by molar-refractivity contribution is 6.30. The Balaban J connectivity index is 1.17. The number of anilines is 1. The molecular formula is C26H35ClN2O3. The van der Waals surface area contributed by atoms with Gasteiger partial charge >= 0.3 is 5.97 Å². The molecule has 0 aromatic heterocycles. The number of esters is 1. The second-order valence-corrected chi connectivity index (χ2v) is 11.7. The molecular weight excluding hydrogens is 424 g/mol. The molecule has 5 fully saturated rings. The van der Waals surface area contributed by atoms with Crippen molar-refractivity contribution in [2.75, 3.05) is 37.6 Å². The third kappa shape index (κ3) is 3.07. The number of fused-ring (bicyclic) bond motifs is 1. The van der Waals surface area contributed by atoms with E-state index in [1.165, 1.54) is 17.7 Å². The molecule has 5 nitrogen and oxygen atoms in total. The maximum Gasteiger partial charge on any atom is 0.311 e. The molecule has 6 rings (SSSR count). The maximum atomic E-state index is 13.3. The third-order valence-electron chi connectivity index (χ3n) is 9.43. The van der Waals surface area contributed by atoms with Crippen LogP contribution in [0.25, 0.3) is 0 Å². The molecule has 3 saturated heterocycles. The van der Waals surface area contributed by atoms with Crippen LogP contribution < -0.4 is 4.90 Å². The summed E-state index contributed by atoms with van der Waals surface area (Å²) in [7, 11) is 0. The first-order valence-corrected chi connectivity index (χ1v) is 12.8. The van der Waals surface area contributed by atoms with Gasteiger partial charge in [-0.25, -0.2) is 0 Å². The lowest BCUT2D eigenvalue weighted by Crippen LogP contribution is -2.58. The molecule has 1 aromatic carbocycles. The van der Waals surface area contributed by atoms with Crippen LogP contribution in [0.15, 0.2) is 18.2 Å². The van der Waals surface area contributed by atoms with E-state index < -0.39 is 0 Å². The summed E-state index contributed by atoms with van der Waals surface area (Å²) in [6, 6.07) is 6.12. The van der Waals surface area contributed by atoms with E-state index in [-0.39, 0.29) is 29.2 Å². The van der Waals surface area contributed by atoms with Crippen LogP contribution in [-0.2, 0) is 14.3 Å². The zero-order valence-corrected chi connectivity index (χ0v) is 20.2. The summed E-state index contributed by atoms with van der Waals surface area (Å²) in [4.78, 5) is 18.2. The smallest absolute Gasteiger partial charge is 0.311 e. The van der Waals surface area contributed by atoms with E-state index in [0.717, 1.165) is 57.0 Å². The number of hydrogen-bond donors (Lipinski definition) is 0. The van der Waals surface area contributed by atoms with E-state index in [0.29, 0.717) is 17.8 Å². The Labute approximate surface area is 196 Å². The predicted octanol–water partition coefficient (Wildman–Crippen LogP) is 4.30. The summed E-state index contributed by atoms with van der Waals surface area (Å²) in [5.74, 6) is 1.38. The molecule has 5 aliphatic rings. The summed E-state index contributed by atoms with van der Waals surface area (Å²) in [6.07, 6.45) is 4.63. The summed E-state index contributed by atoms with van der Waals surface area (Å²) < 4.78 is 12.7. The topological polar surface area (TPSA) is 45.3 Å². The fraction of sp³-hybridized carbons (Fsp3) is 0.731. The number of piperazine rings is 1. The quantitative estimate of drug-likeness (QED) is 0.499. The standard InChI is InChI=1S/C26H35ClN2O3/c1-16-5-7-21-19(23(30)31-26(21)20(16)8-9-25(3)24(26)32-25)15-28-10-12-29(13-11-28)22-14-18(27)6-4-17(22)2/h4,6,14,16,19-21,24H,5,7-13,15H2,1-3H3/t16-,19+,20-,21-,24+,25-,26-/m1/s1. The van der Waals surface area contributed by atoms with E-state index in [2.05, 4.69) is 42.7 Å². The van der Waals surface area contributed by atoms with Gasteiger partial charge in [-0.2, -0.15) is 0 Å². The first kappa shape index (κ1) is 21.2. The van der Waals surface area contributed by atoms with Gasteiger partial charge in [0.05, 0.1) is 11.5 Å². The molecule has 1 aromatic rings. The number of epoxide rings is 1. The lowest BCUT2D eigenvalue weighted by atomic mass is 9.55. The van der Waals surface area contributed by atoms with Crippen molar-refractivity contribution in [2.24, 2.45) is 23.7 Å². The van der Waals surface area contributed by atoms with Crippen molar-refractivity contribution in [3.05, 3.63) is 28.8 Å². The van der Waals surface area contributed by atoms with Crippen LogP contribution in [-0.4, -0.2) is 60.9 Å². The van der Waals surface area contributed by atoms with Crippen molar-refractivity contribution >= 4 is 23.3 Å². The Bertz CT molecular complexity index is 932. The van der Waals surface area contributed by atoms with Gasteiger partial charge in [-0.1, -0.05) is 24.6 Å². The Morgan fingerprint density at radius 1 is 1.12 bits per heavy atom. The highest BCUT2D eigenvalue weighted by Gasteiger charge is 2.77. The van der Waals surface area contributed by atoms with Crippen molar-refractivity contribution < 1.29 is 14.3 Å². The fourth-order valence-electron chi connectivity index (χ4n) is 7.63. The zero-order valence-electron chi connectivity index (χ0n) is 19.5. The minimum absolute atomic E-state index is 0.0176. The Morgan fingerprint density at radius 3 is 2.69 bits per heavy atom. The molecule has 0 N–H and O–H groups in total. The van der Waals surface area contributed by atoms with Gasteiger partial charge in [-0.05, 0) is 63.1 Å². The number of aryl methyl sites for hydroxylation is 1. The molecule has 0 amide bonds. The first-order chi connectivity index (χ1) is 15.3. The summed E-state index contributed by atoms with van der Waals surface area (Å²) in [5, 5.41) is 0.787. The second-order valence-electron chi connectivity index (χ2n) is 11.2. The normalized spacial score (nSPS) is 43.3. The molecule has 2 saturated carbocycles. The molecule has 7 atom stereocenters. The van der Waals surface area contributed by atoms with Crippen molar-refractivity contribution in [2.45, 2.75) is 63.8 Å². The molecule has 0 bridgehead atoms. The number of benzene rings is 1. The fourth-order valence-corrected chi connectivity index (χ4v) is 7.80. The zero-order chi connectivity index (χ0) is 22.3. The monoisotopic (exact) mass is 458 g/mol. The third-order valence-corrected chi connectivity index (χ3v) is 9.66. The molecule has 3 heterocycles. The van der Waals surface area contributed by atoms with Gasteiger partial charge in [0.1, 0.15) is 11.7 Å². The van der Waals surface area contributed by atoms with Gasteiger partial charge in [-0.15, -0.1) is 0 Å². The highest BCUT2D eigenvalue weighted by Crippen LogP contribution is 2.66. The van der Waals surface area contributed by atoms with Crippen LogP contribution in [0.4, 0.5) is 5.69 Å². The SMILES string of the molecule is Cc1ccc(Cl)cc1N1CCN(C[C@@H]2C(=O)O[C@@]34[C@H](CC[C@@]5(C)O[C@H]35)[C@H](C)CC[C@H]24)CC1. The number of hydrogen-bond acceptors (Lipinski definition) is 5.